The molecule has 5 heteroatoms. The van der Waals surface area contributed by atoms with E-state index in [1.807, 2.05) is 10.7 Å². The van der Waals surface area contributed by atoms with Crippen LogP contribution >= 0.6 is 11.6 Å². The summed E-state index contributed by atoms with van der Waals surface area (Å²) in [4.78, 5) is 0. The number of halogens is 1. The minimum atomic E-state index is 0.416. The fourth-order valence-electron chi connectivity index (χ4n) is 1.69. The Labute approximate surface area is 106 Å². The van der Waals surface area contributed by atoms with Crippen molar-refractivity contribution < 1.29 is 0 Å². The van der Waals surface area contributed by atoms with Gasteiger partial charge < -0.3 is 0 Å². The molecule has 0 aliphatic rings. The zero-order chi connectivity index (χ0) is 12.3. The van der Waals surface area contributed by atoms with E-state index in [4.69, 9.17) is 11.6 Å². The Kier molecular flexibility index (Phi) is 3.74. The Morgan fingerprint density at radius 2 is 1.94 bits per heavy atom. The van der Waals surface area contributed by atoms with Crippen LogP contribution in [-0.2, 0) is 19.4 Å². The lowest BCUT2D eigenvalue weighted by molar-refractivity contribution is 0.623. The lowest BCUT2D eigenvalue weighted by Crippen LogP contribution is -2.08. The molecule has 0 unspecified atom stereocenters. The van der Waals surface area contributed by atoms with E-state index in [2.05, 4.69) is 35.2 Å². The van der Waals surface area contributed by atoms with Crippen molar-refractivity contribution in [1.82, 2.24) is 20.0 Å². The second-order valence-electron chi connectivity index (χ2n) is 3.84. The molecule has 0 aliphatic heterocycles. The van der Waals surface area contributed by atoms with Crippen LogP contribution in [0.15, 0.2) is 18.2 Å². The topological polar surface area (TPSA) is 43.6 Å². The van der Waals surface area contributed by atoms with Crippen molar-refractivity contribution in [2.75, 3.05) is 0 Å². The number of aromatic nitrogens is 4. The first-order valence-electron chi connectivity index (χ1n) is 5.76. The molecule has 0 N–H and O–H groups in total. The van der Waals surface area contributed by atoms with Gasteiger partial charge in [0.1, 0.15) is 0 Å². The Balaban J connectivity index is 2.22. The molecule has 0 saturated carbocycles. The van der Waals surface area contributed by atoms with Crippen molar-refractivity contribution in [2.45, 2.75) is 33.2 Å². The van der Waals surface area contributed by atoms with E-state index in [0.717, 1.165) is 24.2 Å². The number of aryl methyl sites for hydroxylation is 2. The summed E-state index contributed by atoms with van der Waals surface area (Å²) in [6, 6.07) is 5.77. The van der Waals surface area contributed by atoms with Crippen molar-refractivity contribution in [3.63, 3.8) is 0 Å². The number of nitrogens with zero attached hydrogens (tertiary/aromatic N) is 4. The molecule has 17 heavy (non-hydrogen) atoms. The third-order valence-corrected chi connectivity index (χ3v) is 2.84. The van der Waals surface area contributed by atoms with Crippen LogP contribution in [0.4, 0.5) is 0 Å². The maximum absolute atomic E-state index is 5.70. The van der Waals surface area contributed by atoms with E-state index in [-0.39, 0.29) is 0 Å². The van der Waals surface area contributed by atoms with E-state index in [1.165, 1.54) is 5.69 Å². The van der Waals surface area contributed by atoms with Gasteiger partial charge in [-0.15, -0.1) is 5.10 Å². The highest BCUT2D eigenvalue weighted by Gasteiger charge is 2.06. The summed E-state index contributed by atoms with van der Waals surface area (Å²) in [5, 5.41) is 12.8. The van der Waals surface area contributed by atoms with Crippen LogP contribution < -0.4 is 0 Å². The molecule has 2 heterocycles. The maximum Gasteiger partial charge on any atom is 0.151 e. The van der Waals surface area contributed by atoms with Gasteiger partial charge in [0, 0.05) is 5.69 Å². The number of rotatable bonds is 4. The Hall–Kier alpha value is -1.42. The summed E-state index contributed by atoms with van der Waals surface area (Å²) in [5.74, 6) is 0. The second kappa shape index (κ2) is 5.27. The molecule has 2 aromatic rings. The average molecular weight is 251 g/mol. The molecule has 4 nitrogen and oxygen atoms in total. The van der Waals surface area contributed by atoms with Gasteiger partial charge in [-0.1, -0.05) is 25.4 Å². The van der Waals surface area contributed by atoms with Crippen LogP contribution in [0.2, 0.25) is 5.15 Å². The fraction of sp³-hybridized carbons (Fsp3) is 0.417. The largest absolute Gasteiger partial charge is 0.263 e. The van der Waals surface area contributed by atoms with Crippen molar-refractivity contribution in [3.05, 3.63) is 40.4 Å². The van der Waals surface area contributed by atoms with Gasteiger partial charge in [-0.2, -0.15) is 10.2 Å². The summed E-state index contributed by atoms with van der Waals surface area (Å²) in [5.41, 5.74) is 3.21. The van der Waals surface area contributed by atoms with Crippen molar-refractivity contribution >= 4 is 11.6 Å². The first-order chi connectivity index (χ1) is 8.22. The normalized spacial score (nSPS) is 10.8. The van der Waals surface area contributed by atoms with Gasteiger partial charge in [0.2, 0.25) is 0 Å². The van der Waals surface area contributed by atoms with Gasteiger partial charge in [-0.25, -0.2) is 0 Å². The Bertz CT molecular complexity index is 490. The fourth-order valence-corrected chi connectivity index (χ4v) is 1.79. The van der Waals surface area contributed by atoms with Crippen LogP contribution in [0.25, 0.3) is 0 Å². The predicted octanol–water partition coefficient (Wildman–Crippen LogP) is 2.50. The second-order valence-corrected chi connectivity index (χ2v) is 4.23. The average Bonchev–Trinajstić information content (AvgIpc) is 2.74. The highest BCUT2D eigenvalue weighted by atomic mass is 35.5. The van der Waals surface area contributed by atoms with Gasteiger partial charge >= 0.3 is 0 Å². The van der Waals surface area contributed by atoms with Gasteiger partial charge in [0.25, 0.3) is 0 Å². The molecule has 90 valence electrons. The Morgan fingerprint density at radius 3 is 2.53 bits per heavy atom. The number of hydrogen-bond donors (Lipinski definition) is 0. The quantitative estimate of drug-likeness (QED) is 0.838. The summed E-state index contributed by atoms with van der Waals surface area (Å²) in [6.07, 6.45) is 1.92. The Morgan fingerprint density at radius 1 is 1.12 bits per heavy atom. The highest BCUT2D eigenvalue weighted by molar-refractivity contribution is 6.29. The van der Waals surface area contributed by atoms with Crippen LogP contribution in [0.3, 0.4) is 0 Å². The van der Waals surface area contributed by atoms with Gasteiger partial charge in [-0.3, -0.25) is 4.68 Å². The molecule has 0 amide bonds. The van der Waals surface area contributed by atoms with E-state index < -0.39 is 0 Å². The van der Waals surface area contributed by atoms with Gasteiger partial charge in [0.15, 0.2) is 5.15 Å². The van der Waals surface area contributed by atoms with E-state index in [1.54, 1.807) is 6.07 Å². The zero-order valence-electron chi connectivity index (χ0n) is 10.0. The van der Waals surface area contributed by atoms with E-state index in [9.17, 15) is 0 Å². The van der Waals surface area contributed by atoms with Crippen molar-refractivity contribution in [1.29, 1.82) is 0 Å². The van der Waals surface area contributed by atoms with Gasteiger partial charge in [0.05, 0.1) is 17.9 Å². The molecule has 0 radical (unpaired) electrons. The lowest BCUT2D eigenvalue weighted by atomic mass is 10.2. The molecule has 2 rings (SSSR count). The maximum atomic E-state index is 5.70. The molecule has 0 fully saturated rings. The predicted molar refractivity (Wildman–Crippen MR) is 67.1 cm³/mol. The lowest BCUT2D eigenvalue weighted by Gasteiger charge is -2.04. The van der Waals surface area contributed by atoms with E-state index >= 15 is 0 Å². The standard InChI is InChI=1S/C12H15ClN4/c1-3-9-7-11(4-2)17(16-9)8-10-5-6-12(13)15-14-10/h5-7H,3-4,8H2,1-2H3. The molecule has 0 aromatic carbocycles. The van der Waals surface area contributed by atoms with Crippen LogP contribution in [0.5, 0.6) is 0 Å². The third kappa shape index (κ3) is 2.82. The van der Waals surface area contributed by atoms with Gasteiger partial charge in [-0.05, 0) is 31.0 Å². The molecule has 0 bridgehead atoms. The SMILES string of the molecule is CCc1cc(CC)n(Cc2ccc(Cl)nn2)n1. The molecule has 2 aromatic heterocycles. The highest BCUT2D eigenvalue weighted by Crippen LogP contribution is 2.09. The van der Waals surface area contributed by atoms with Crippen molar-refractivity contribution in [2.24, 2.45) is 0 Å². The van der Waals surface area contributed by atoms with Crippen LogP contribution in [0, 0.1) is 0 Å². The smallest absolute Gasteiger partial charge is 0.151 e. The minimum absolute atomic E-state index is 0.416. The first kappa shape index (κ1) is 12.0. The third-order valence-electron chi connectivity index (χ3n) is 2.64. The molecule has 0 saturated heterocycles. The first-order valence-corrected chi connectivity index (χ1v) is 6.14. The summed E-state index contributed by atoms with van der Waals surface area (Å²) >= 11 is 5.70. The molecule has 0 spiro atoms. The zero-order valence-corrected chi connectivity index (χ0v) is 10.8. The summed E-state index contributed by atoms with van der Waals surface area (Å²) in [7, 11) is 0. The van der Waals surface area contributed by atoms with Crippen LogP contribution in [0.1, 0.15) is 30.9 Å². The molecule has 0 atom stereocenters. The molecular weight excluding hydrogens is 236 g/mol. The minimum Gasteiger partial charge on any atom is -0.263 e. The van der Waals surface area contributed by atoms with E-state index in [0.29, 0.717) is 11.7 Å². The van der Waals surface area contributed by atoms with Crippen LogP contribution in [-0.4, -0.2) is 20.0 Å². The van der Waals surface area contributed by atoms with Crippen molar-refractivity contribution in [3.8, 4) is 0 Å². The monoisotopic (exact) mass is 250 g/mol. The number of hydrogen-bond acceptors (Lipinski definition) is 3. The molecular formula is C12H15ClN4. The summed E-state index contributed by atoms with van der Waals surface area (Å²) < 4.78 is 1.98. The molecule has 0 aliphatic carbocycles. The summed E-state index contributed by atoms with van der Waals surface area (Å²) in [6.45, 7) is 4.88.